The summed E-state index contributed by atoms with van der Waals surface area (Å²) in [5.41, 5.74) is 2.61. The number of aliphatic imine (C=N–C) groups is 1. The molecule has 0 spiro atoms. The van der Waals surface area contributed by atoms with Crippen molar-refractivity contribution in [1.29, 1.82) is 0 Å². The molecule has 0 aromatic heterocycles. The molecule has 0 N–H and O–H groups in total. The van der Waals surface area contributed by atoms with E-state index in [2.05, 4.69) is 4.99 Å². The molecular weight excluding hydrogens is 253 g/mol. The maximum Gasteiger partial charge on any atom is 0.137 e. The van der Waals surface area contributed by atoms with Gasteiger partial charge in [0.25, 0.3) is 0 Å². The lowest BCUT2D eigenvalue weighted by Crippen LogP contribution is -1.90. The van der Waals surface area contributed by atoms with E-state index in [-0.39, 0.29) is 0 Å². The highest BCUT2D eigenvalue weighted by Gasteiger charge is 2.04. The number of hydrogen-bond acceptors (Lipinski definition) is 1. The first-order chi connectivity index (χ1) is 8.18. The predicted molar refractivity (Wildman–Crippen MR) is 74.7 cm³/mol. The second-order valence-corrected chi connectivity index (χ2v) is 4.44. The van der Waals surface area contributed by atoms with Crippen molar-refractivity contribution in [2.45, 2.75) is 6.92 Å². The Morgan fingerprint density at radius 1 is 1.00 bits per heavy atom. The van der Waals surface area contributed by atoms with Crippen molar-refractivity contribution in [2.75, 3.05) is 0 Å². The maximum atomic E-state index is 6.18. The van der Waals surface area contributed by atoms with E-state index in [4.69, 9.17) is 23.2 Å². The minimum atomic E-state index is 0.446. The van der Waals surface area contributed by atoms with E-state index in [0.717, 1.165) is 16.8 Å². The van der Waals surface area contributed by atoms with Crippen molar-refractivity contribution >= 4 is 34.1 Å². The molecule has 0 heterocycles. The third kappa shape index (κ3) is 2.87. The van der Waals surface area contributed by atoms with Gasteiger partial charge in [-0.2, -0.15) is 0 Å². The van der Waals surface area contributed by atoms with Gasteiger partial charge in [0.05, 0.1) is 10.7 Å². The molecule has 2 rings (SSSR count). The summed E-state index contributed by atoms with van der Waals surface area (Å²) >= 11 is 12.3. The first kappa shape index (κ1) is 12.2. The summed E-state index contributed by atoms with van der Waals surface area (Å²) in [6, 6.07) is 15.3. The van der Waals surface area contributed by atoms with Crippen LogP contribution in [0.1, 0.15) is 11.1 Å². The summed E-state index contributed by atoms with van der Waals surface area (Å²) in [6.45, 7) is 1.96. The topological polar surface area (TPSA) is 12.4 Å². The van der Waals surface area contributed by atoms with Gasteiger partial charge in [0.15, 0.2) is 0 Å². The smallest absolute Gasteiger partial charge is 0.137 e. The van der Waals surface area contributed by atoms with E-state index in [0.29, 0.717) is 10.2 Å². The molecule has 0 saturated heterocycles. The summed E-state index contributed by atoms with van der Waals surface area (Å²) in [5, 5.41) is 1.06. The number of halogens is 2. The monoisotopic (exact) mass is 263 g/mol. The van der Waals surface area contributed by atoms with E-state index in [1.807, 2.05) is 55.5 Å². The van der Waals surface area contributed by atoms with E-state index < -0.39 is 0 Å². The van der Waals surface area contributed by atoms with Crippen LogP contribution in [-0.4, -0.2) is 5.17 Å². The van der Waals surface area contributed by atoms with Gasteiger partial charge in [-0.3, -0.25) is 0 Å². The Morgan fingerprint density at radius 3 is 2.35 bits per heavy atom. The zero-order valence-corrected chi connectivity index (χ0v) is 10.8. The molecule has 0 aliphatic carbocycles. The number of benzene rings is 2. The molecule has 86 valence electrons. The van der Waals surface area contributed by atoms with Gasteiger partial charge in [0.1, 0.15) is 5.17 Å². The molecular formula is C14H11Cl2N. The van der Waals surface area contributed by atoms with Crippen molar-refractivity contribution in [3.8, 4) is 0 Å². The Bertz CT molecular complexity index is 527. The van der Waals surface area contributed by atoms with E-state index in [1.165, 1.54) is 0 Å². The second-order valence-electron chi connectivity index (χ2n) is 3.67. The molecule has 0 unspecified atom stereocenters. The van der Waals surface area contributed by atoms with Gasteiger partial charge in [-0.05, 0) is 18.6 Å². The highest BCUT2D eigenvalue weighted by molar-refractivity contribution is 6.69. The highest BCUT2D eigenvalue weighted by atomic mass is 35.5. The molecule has 0 radical (unpaired) electrons. The number of aryl methyl sites for hydroxylation is 1. The molecule has 0 fully saturated rings. The fraction of sp³-hybridized carbons (Fsp3) is 0.0714. The lowest BCUT2D eigenvalue weighted by atomic mass is 10.2. The van der Waals surface area contributed by atoms with Crippen LogP contribution in [0.15, 0.2) is 53.5 Å². The lowest BCUT2D eigenvalue weighted by molar-refractivity contribution is 1.40. The van der Waals surface area contributed by atoms with Gasteiger partial charge in [-0.15, -0.1) is 0 Å². The van der Waals surface area contributed by atoms with Gasteiger partial charge in [-0.1, -0.05) is 65.7 Å². The predicted octanol–water partition coefficient (Wildman–Crippen LogP) is 4.97. The minimum Gasteiger partial charge on any atom is -0.234 e. The summed E-state index contributed by atoms with van der Waals surface area (Å²) in [6.07, 6.45) is 0. The van der Waals surface area contributed by atoms with Gasteiger partial charge >= 0.3 is 0 Å². The van der Waals surface area contributed by atoms with Crippen LogP contribution in [0, 0.1) is 6.92 Å². The third-order valence-corrected chi connectivity index (χ3v) is 3.02. The van der Waals surface area contributed by atoms with Crippen LogP contribution in [0.3, 0.4) is 0 Å². The fourth-order valence-electron chi connectivity index (χ4n) is 1.50. The first-order valence-electron chi connectivity index (χ1n) is 5.23. The zero-order chi connectivity index (χ0) is 12.3. The molecule has 0 bridgehead atoms. The van der Waals surface area contributed by atoms with Crippen LogP contribution in [0.5, 0.6) is 0 Å². The summed E-state index contributed by atoms with van der Waals surface area (Å²) < 4.78 is 0. The van der Waals surface area contributed by atoms with Crippen molar-refractivity contribution in [3.05, 3.63) is 64.7 Å². The Morgan fingerprint density at radius 2 is 1.71 bits per heavy atom. The third-order valence-electron chi connectivity index (χ3n) is 2.41. The molecule has 17 heavy (non-hydrogen) atoms. The molecule has 0 saturated carbocycles. The van der Waals surface area contributed by atoms with Crippen LogP contribution in [0.25, 0.3) is 0 Å². The Labute approximate surface area is 111 Å². The molecule has 2 aromatic rings. The maximum absolute atomic E-state index is 6.18. The van der Waals surface area contributed by atoms with Gasteiger partial charge in [0.2, 0.25) is 0 Å². The number of rotatable bonds is 2. The lowest BCUT2D eigenvalue weighted by Gasteiger charge is -2.04. The van der Waals surface area contributed by atoms with Crippen LogP contribution in [0.2, 0.25) is 5.02 Å². The van der Waals surface area contributed by atoms with Crippen molar-refractivity contribution in [2.24, 2.45) is 4.99 Å². The first-order valence-corrected chi connectivity index (χ1v) is 5.99. The average molecular weight is 264 g/mol. The standard InChI is InChI=1S/C14H11Cl2N/c1-10-6-5-9-12(15)13(10)17-14(16)11-7-3-2-4-8-11/h2-9H,1H3. The normalized spacial score (nSPS) is 11.6. The molecule has 0 aliphatic heterocycles. The number of para-hydroxylation sites is 1. The van der Waals surface area contributed by atoms with Crippen molar-refractivity contribution in [3.63, 3.8) is 0 Å². The average Bonchev–Trinajstić information content (AvgIpc) is 2.35. The van der Waals surface area contributed by atoms with Gasteiger partial charge in [0, 0.05) is 5.56 Å². The fourth-order valence-corrected chi connectivity index (χ4v) is 1.98. The van der Waals surface area contributed by atoms with Crippen LogP contribution in [0.4, 0.5) is 5.69 Å². The highest BCUT2D eigenvalue weighted by Crippen LogP contribution is 2.29. The van der Waals surface area contributed by atoms with Crippen LogP contribution in [-0.2, 0) is 0 Å². The SMILES string of the molecule is Cc1cccc(Cl)c1N=C(Cl)c1ccccc1. The largest absolute Gasteiger partial charge is 0.234 e. The molecule has 0 amide bonds. The molecule has 0 aliphatic rings. The second kappa shape index (κ2) is 5.35. The van der Waals surface area contributed by atoms with Gasteiger partial charge < -0.3 is 0 Å². The molecule has 2 aromatic carbocycles. The number of hydrogen-bond donors (Lipinski definition) is 0. The summed E-state index contributed by atoms with van der Waals surface area (Å²) in [4.78, 5) is 4.38. The quantitative estimate of drug-likeness (QED) is 0.679. The van der Waals surface area contributed by atoms with E-state index in [9.17, 15) is 0 Å². The van der Waals surface area contributed by atoms with E-state index >= 15 is 0 Å². The van der Waals surface area contributed by atoms with Crippen molar-refractivity contribution < 1.29 is 0 Å². The minimum absolute atomic E-state index is 0.446. The Hall–Kier alpha value is -1.31. The van der Waals surface area contributed by atoms with Crippen LogP contribution < -0.4 is 0 Å². The molecule has 1 nitrogen and oxygen atoms in total. The van der Waals surface area contributed by atoms with Gasteiger partial charge in [-0.25, -0.2) is 4.99 Å². The molecule has 0 atom stereocenters. The number of nitrogens with zero attached hydrogens (tertiary/aromatic N) is 1. The summed E-state index contributed by atoms with van der Waals surface area (Å²) in [7, 11) is 0. The van der Waals surface area contributed by atoms with E-state index in [1.54, 1.807) is 0 Å². The zero-order valence-electron chi connectivity index (χ0n) is 9.32. The summed E-state index contributed by atoms with van der Waals surface area (Å²) in [5.74, 6) is 0. The Kier molecular flexibility index (Phi) is 3.82. The molecule has 3 heteroatoms. The van der Waals surface area contributed by atoms with Crippen LogP contribution >= 0.6 is 23.2 Å². The van der Waals surface area contributed by atoms with Crippen molar-refractivity contribution in [1.82, 2.24) is 0 Å². The Balaban J connectivity index is 2.43.